The monoisotopic (exact) mass is 434 g/mol. The first kappa shape index (κ1) is 19.3. The summed E-state index contributed by atoms with van der Waals surface area (Å²) in [5, 5.41) is 9.40. The lowest BCUT2D eigenvalue weighted by atomic mass is 10.1. The van der Waals surface area contributed by atoms with Crippen LogP contribution in [0.5, 0.6) is 0 Å². The fraction of sp³-hybridized carbons (Fsp3) is 0.182. The van der Waals surface area contributed by atoms with Crippen molar-refractivity contribution in [1.82, 2.24) is 28.5 Å². The third kappa shape index (κ3) is 3.34. The molecular weight excluding hydrogens is 416 g/mol. The fourth-order valence-corrected chi connectivity index (χ4v) is 3.94. The van der Waals surface area contributed by atoms with Crippen molar-refractivity contribution in [2.45, 2.75) is 20.0 Å². The molecule has 0 spiro atoms. The molecule has 5 aromatic rings. The largest absolute Gasteiger partial charge is 0.352 e. The van der Waals surface area contributed by atoms with E-state index in [1.807, 2.05) is 43.3 Å². The molecule has 0 aliphatic carbocycles. The zero-order chi connectivity index (χ0) is 21.7. The molecule has 9 heteroatoms. The average molecular weight is 435 g/mol. The molecule has 8 nitrogen and oxygen atoms in total. The number of hydrogen-bond acceptors (Lipinski definition) is 4. The van der Waals surface area contributed by atoms with Crippen molar-refractivity contribution < 1.29 is 0 Å². The van der Waals surface area contributed by atoms with E-state index in [1.165, 1.54) is 18.3 Å². The van der Waals surface area contributed by atoms with Gasteiger partial charge in [-0.3, -0.25) is 14.0 Å². The van der Waals surface area contributed by atoms with Crippen molar-refractivity contribution in [3.8, 4) is 0 Å². The predicted octanol–water partition coefficient (Wildman–Crippen LogP) is 2.60. The third-order valence-electron chi connectivity index (χ3n) is 5.24. The molecule has 0 radical (unpaired) electrons. The molecule has 3 heterocycles. The molecule has 5 rings (SSSR count). The number of benzene rings is 2. The molecule has 0 aliphatic heterocycles. The minimum atomic E-state index is -0.342. The molecular formula is C22H19ClN6O2. The second-order valence-corrected chi connectivity index (χ2v) is 8.06. The molecule has 0 amide bonds. The van der Waals surface area contributed by atoms with Gasteiger partial charge < -0.3 is 0 Å². The van der Waals surface area contributed by atoms with Gasteiger partial charge in [0.1, 0.15) is 5.52 Å². The van der Waals surface area contributed by atoms with E-state index in [0.717, 1.165) is 16.7 Å². The average Bonchev–Trinajstić information content (AvgIpc) is 3.27. The number of halogens is 1. The minimum absolute atomic E-state index is 0.228. The van der Waals surface area contributed by atoms with Crippen LogP contribution in [0, 0.1) is 6.92 Å². The third-order valence-corrected chi connectivity index (χ3v) is 5.48. The van der Waals surface area contributed by atoms with E-state index in [4.69, 9.17) is 11.6 Å². The maximum atomic E-state index is 13.3. The van der Waals surface area contributed by atoms with Crippen molar-refractivity contribution >= 4 is 28.4 Å². The molecule has 31 heavy (non-hydrogen) atoms. The predicted molar refractivity (Wildman–Crippen MR) is 119 cm³/mol. The highest BCUT2D eigenvalue weighted by molar-refractivity contribution is 6.30. The molecule has 0 saturated heterocycles. The quantitative estimate of drug-likeness (QED) is 0.435. The van der Waals surface area contributed by atoms with Gasteiger partial charge in [0.05, 0.1) is 13.1 Å². The summed E-state index contributed by atoms with van der Waals surface area (Å²) < 4.78 is 5.82. The Balaban J connectivity index is 1.74. The number of aromatic nitrogens is 6. The van der Waals surface area contributed by atoms with Crippen LogP contribution >= 0.6 is 11.6 Å². The summed E-state index contributed by atoms with van der Waals surface area (Å²) in [5.74, 6) is 0.276. The van der Waals surface area contributed by atoms with Crippen LogP contribution in [0.4, 0.5) is 0 Å². The molecule has 0 fully saturated rings. The van der Waals surface area contributed by atoms with Crippen molar-refractivity contribution in [3.63, 3.8) is 0 Å². The molecule has 156 valence electrons. The summed E-state index contributed by atoms with van der Waals surface area (Å²) in [6.07, 6.45) is 1.66. The van der Waals surface area contributed by atoms with Gasteiger partial charge >= 0.3 is 5.69 Å². The Hall–Kier alpha value is -3.65. The lowest BCUT2D eigenvalue weighted by molar-refractivity contribution is 0.654. The zero-order valence-electron chi connectivity index (χ0n) is 17.0. The summed E-state index contributed by atoms with van der Waals surface area (Å²) in [6.45, 7) is 2.52. The Bertz CT molecular complexity index is 1560. The zero-order valence-corrected chi connectivity index (χ0v) is 17.7. The number of aryl methyl sites for hydroxylation is 2. The maximum Gasteiger partial charge on any atom is 0.352 e. The molecule has 2 aromatic carbocycles. The van der Waals surface area contributed by atoms with E-state index in [9.17, 15) is 9.59 Å². The van der Waals surface area contributed by atoms with E-state index >= 15 is 0 Å². The van der Waals surface area contributed by atoms with Gasteiger partial charge in [-0.25, -0.2) is 13.9 Å². The van der Waals surface area contributed by atoms with Crippen LogP contribution in [-0.2, 0) is 20.1 Å². The van der Waals surface area contributed by atoms with Crippen LogP contribution in [-0.4, -0.2) is 28.5 Å². The summed E-state index contributed by atoms with van der Waals surface area (Å²) in [7, 11) is 1.72. The molecule has 0 saturated carbocycles. The van der Waals surface area contributed by atoms with Crippen molar-refractivity contribution in [2.75, 3.05) is 0 Å². The van der Waals surface area contributed by atoms with Gasteiger partial charge in [-0.1, -0.05) is 53.6 Å². The summed E-state index contributed by atoms with van der Waals surface area (Å²) in [6, 6.07) is 15.2. The minimum Gasteiger partial charge on any atom is -0.273 e. The first-order valence-corrected chi connectivity index (χ1v) is 10.1. The Labute approximate surface area is 181 Å². The second kappa shape index (κ2) is 7.24. The number of nitrogens with zero attached hydrogens (tertiary/aromatic N) is 6. The van der Waals surface area contributed by atoms with E-state index < -0.39 is 0 Å². The van der Waals surface area contributed by atoms with Gasteiger partial charge in [-0.15, -0.1) is 5.10 Å². The van der Waals surface area contributed by atoms with Crippen LogP contribution in [0.25, 0.3) is 16.8 Å². The molecule has 0 atom stereocenters. The van der Waals surface area contributed by atoms with E-state index in [2.05, 4.69) is 10.2 Å². The second-order valence-electron chi connectivity index (χ2n) is 7.62. The number of fused-ring (bicyclic) bond motifs is 3. The highest BCUT2D eigenvalue weighted by Crippen LogP contribution is 2.14. The Kier molecular flexibility index (Phi) is 4.51. The fourth-order valence-electron chi connectivity index (χ4n) is 3.72. The molecule has 3 aromatic heterocycles. The van der Waals surface area contributed by atoms with Crippen LogP contribution in [0.15, 0.2) is 64.3 Å². The van der Waals surface area contributed by atoms with E-state index in [-0.39, 0.29) is 35.6 Å². The summed E-state index contributed by atoms with van der Waals surface area (Å²) in [4.78, 5) is 26.5. The van der Waals surface area contributed by atoms with Crippen molar-refractivity contribution in [2.24, 2.45) is 7.05 Å². The van der Waals surface area contributed by atoms with Crippen LogP contribution in [0.1, 0.15) is 16.7 Å². The highest BCUT2D eigenvalue weighted by atomic mass is 35.5. The highest BCUT2D eigenvalue weighted by Gasteiger charge is 2.20. The summed E-state index contributed by atoms with van der Waals surface area (Å²) in [5.41, 5.74) is 2.93. The Morgan fingerprint density at radius 1 is 0.968 bits per heavy atom. The van der Waals surface area contributed by atoms with Crippen molar-refractivity contribution in [1.29, 1.82) is 0 Å². The lowest BCUT2D eigenvalue weighted by Crippen LogP contribution is -2.26. The van der Waals surface area contributed by atoms with Gasteiger partial charge in [0.15, 0.2) is 5.52 Å². The first-order valence-electron chi connectivity index (χ1n) is 9.76. The van der Waals surface area contributed by atoms with E-state index in [1.54, 1.807) is 25.4 Å². The number of hydrogen-bond donors (Lipinski definition) is 0. The van der Waals surface area contributed by atoms with Crippen LogP contribution < -0.4 is 11.2 Å². The topological polar surface area (TPSA) is 79.1 Å². The van der Waals surface area contributed by atoms with Gasteiger partial charge in [0, 0.05) is 18.3 Å². The standard InChI is InChI=1S/C22H19ClN6O2/c1-14-6-8-15(9-7-14)11-27-20(30)19-18(13-26(2)24-19)29-21(27)25-28(22(29)31)12-16-4-3-5-17(23)10-16/h3-10,13H,11-12H2,1-2H3. The molecule has 0 bridgehead atoms. The lowest BCUT2D eigenvalue weighted by Gasteiger charge is -2.07. The van der Waals surface area contributed by atoms with Gasteiger partial charge in [-0.2, -0.15) is 5.10 Å². The first-order chi connectivity index (χ1) is 14.9. The molecule has 0 unspecified atom stereocenters. The molecule has 0 N–H and O–H groups in total. The SMILES string of the molecule is Cc1ccc(Cn2c(=O)c3nn(C)cc3n3c(=O)n(Cc4cccc(Cl)c4)nc23)cc1. The van der Waals surface area contributed by atoms with E-state index in [0.29, 0.717) is 10.5 Å². The number of rotatable bonds is 4. The Morgan fingerprint density at radius 2 is 1.74 bits per heavy atom. The van der Waals surface area contributed by atoms with Gasteiger partial charge in [-0.05, 0) is 30.2 Å². The summed E-state index contributed by atoms with van der Waals surface area (Å²) >= 11 is 6.09. The van der Waals surface area contributed by atoms with Crippen LogP contribution in [0.3, 0.4) is 0 Å². The molecule has 0 aliphatic rings. The smallest absolute Gasteiger partial charge is 0.273 e. The normalized spacial score (nSPS) is 11.6. The van der Waals surface area contributed by atoms with Crippen LogP contribution in [0.2, 0.25) is 5.02 Å². The Morgan fingerprint density at radius 3 is 2.48 bits per heavy atom. The van der Waals surface area contributed by atoms with Gasteiger partial charge in [0.25, 0.3) is 5.56 Å². The van der Waals surface area contributed by atoms with Crippen molar-refractivity contribution in [3.05, 3.63) is 97.3 Å². The van der Waals surface area contributed by atoms with Gasteiger partial charge in [0.2, 0.25) is 5.78 Å². The maximum absolute atomic E-state index is 13.3.